The maximum atomic E-state index is 11.1. The highest BCUT2D eigenvalue weighted by Crippen LogP contribution is 2.37. The van der Waals surface area contributed by atoms with Crippen LogP contribution in [0, 0.1) is 0 Å². The quantitative estimate of drug-likeness (QED) is 0.123. The second-order valence-corrected chi connectivity index (χ2v) is 10.5. The van der Waals surface area contributed by atoms with Gasteiger partial charge < -0.3 is 18.5 Å². The first kappa shape index (κ1) is 31.3. The van der Waals surface area contributed by atoms with Gasteiger partial charge in [0.1, 0.15) is 7.60 Å². The van der Waals surface area contributed by atoms with E-state index in [-0.39, 0.29) is 6.16 Å². The fourth-order valence-corrected chi connectivity index (χ4v) is 4.65. The van der Waals surface area contributed by atoms with E-state index in [0.29, 0.717) is 13.0 Å². The Bertz CT molecular complexity index is 340. The Morgan fingerprint density at radius 2 is 0.966 bits per heavy atom. The topological polar surface area (TPSA) is 49.4 Å². The summed E-state index contributed by atoms with van der Waals surface area (Å²) < 4.78 is 17.3. The van der Waals surface area contributed by atoms with Gasteiger partial charge in [0.2, 0.25) is 0 Å². The Morgan fingerprint density at radius 3 is 1.28 bits per heavy atom. The van der Waals surface area contributed by atoms with Crippen molar-refractivity contribution in [2.75, 3.05) is 38.9 Å². The lowest BCUT2D eigenvalue weighted by Gasteiger charge is -2.39. The first-order valence-corrected chi connectivity index (χ1v) is 14.4. The predicted octanol–water partition coefficient (Wildman–Crippen LogP) is 7.16. The Morgan fingerprint density at radius 1 is 0.621 bits per heavy atom. The van der Waals surface area contributed by atoms with Crippen LogP contribution < -0.4 is 4.89 Å². The summed E-state index contributed by atoms with van der Waals surface area (Å²) in [6.45, 7) is 19.3. The molecule has 0 N–H and O–H groups in total. The zero-order valence-electron chi connectivity index (χ0n) is 20.8. The van der Waals surface area contributed by atoms with Gasteiger partial charge in [-0.3, -0.25) is 0 Å². The normalized spacial score (nSPS) is 13.6. The van der Waals surface area contributed by atoms with Gasteiger partial charge in [0.15, 0.2) is 0 Å². The minimum Gasteiger partial charge on any atom is -0.778 e. The van der Waals surface area contributed by atoms with Gasteiger partial charge >= 0.3 is 0 Å². The molecule has 1 unspecified atom stereocenters. The SMILES string of the molecule is CCCCOP(=O)([O-])CCCC.CCCC[N+](CCCC)(CCCC)CCCC. The van der Waals surface area contributed by atoms with Gasteiger partial charge in [-0.25, -0.2) is 0 Å². The van der Waals surface area contributed by atoms with Gasteiger partial charge in [-0.2, -0.15) is 0 Å². The van der Waals surface area contributed by atoms with Crippen LogP contribution in [0.2, 0.25) is 0 Å². The Labute approximate surface area is 183 Å². The highest BCUT2D eigenvalue weighted by atomic mass is 31.2. The van der Waals surface area contributed by atoms with Crippen molar-refractivity contribution in [1.29, 1.82) is 0 Å². The van der Waals surface area contributed by atoms with E-state index in [1.165, 1.54) is 82.0 Å². The van der Waals surface area contributed by atoms with Crippen LogP contribution in [0.25, 0.3) is 0 Å². The molecule has 0 aromatic carbocycles. The highest BCUT2D eigenvalue weighted by molar-refractivity contribution is 7.51. The third kappa shape index (κ3) is 19.8. The molecule has 0 rings (SSSR count). The van der Waals surface area contributed by atoms with E-state index in [1.807, 2.05) is 13.8 Å². The maximum absolute atomic E-state index is 11.1. The first-order valence-electron chi connectivity index (χ1n) is 12.7. The molecule has 0 aromatic rings. The van der Waals surface area contributed by atoms with Crippen molar-refractivity contribution in [3.63, 3.8) is 0 Å². The lowest BCUT2D eigenvalue weighted by Crippen LogP contribution is -2.50. The molecule has 5 heteroatoms. The summed E-state index contributed by atoms with van der Waals surface area (Å²) in [4.78, 5) is 11.1. The second-order valence-electron chi connectivity index (χ2n) is 8.53. The third-order valence-electron chi connectivity index (χ3n) is 5.52. The molecule has 0 aliphatic rings. The lowest BCUT2D eigenvalue weighted by atomic mass is 10.1. The molecular weight excluding hydrogens is 381 g/mol. The van der Waals surface area contributed by atoms with E-state index in [4.69, 9.17) is 4.52 Å². The number of hydrogen-bond acceptors (Lipinski definition) is 3. The van der Waals surface area contributed by atoms with E-state index < -0.39 is 7.60 Å². The molecule has 0 amide bonds. The summed E-state index contributed by atoms with van der Waals surface area (Å²) in [5.41, 5.74) is 0. The molecule has 29 heavy (non-hydrogen) atoms. The van der Waals surface area contributed by atoms with Crippen molar-refractivity contribution < 1.29 is 18.5 Å². The van der Waals surface area contributed by atoms with Gasteiger partial charge in [0, 0.05) is 6.16 Å². The minimum atomic E-state index is -3.49. The number of quaternary nitrogens is 1. The zero-order chi connectivity index (χ0) is 22.4. The molecule has 178 valence electrons. The van der Waals surface area contributed by atoms with Crippen molar-refractivity contribution >= 4 is 7.60 Å². The van der Waals surface area contributed by atoms with Crippen LogP contribution in [0.15, 0.2) is 0 Å². The molecule has 1 atom stereocenters. The summed E-state index contributed by atoms with van der Waals surface area (Å²) in [7, 11) is -3.49. The van der Waals surface area contributed by atoms with E-state index in [2.05, 4.69) is 27.7 Å². The first-order chi connectivity index (χ1) is 13.9. The van der Waals surface area contributed by atoms with Crippen LogP contribution in [0.4, 0.5) is 0 Å². The average molecular weight is 436 g/mol. The largest absolute Gasteiger partial charge is 0.778 e. The van der Waals surface area contributed by atoms with Crippen LogP contribution >= 0.6 is 7.60 Å². The molecule has 0 bridgehead atoms. The molecule has 0 aliphatic heterocycles. The molecule has 0 fully saturated rings. The molecule has 0 aliphatic carbocycles. The summed E-state index contributed by atoms with van der Waals surface area (Å²) in [6.07, 6.45) is 14.6. The molecule has 0 aromatic heterocycles. The summed E-state index contributed by atoms with van der Waals surface area (Å²) >= 11 is 0. The van der Waals surface area contributed by atoms with E-state index in [1.54, 1.807) is 0 Å². The van der Waals surface area contributed by atoms with Crippen molar-refractivity contribution in [1.82, 2.24) is 0 Å². The van der Waals surface area contributed by atoms with Crippen LogP contribution in [0.1, 0.15) is 119 Å². The van der Waals surface area contributed by atoms with Gasteiger partial charge in [-0.05, 0) is 38.5 Å². The molecule has 0 radical (unpaired) electrons. The fraction of sp³-hybridized carbons (Fsp3) is 1.00. The fourth-order valence-electron chi connectivity index (χ4n) is 3.41. The van der Waals surface area contributed by atoms with Gasteiger partial charge in [-0.1, -0.05) is 80.1 Å². The van der Waals surface area contributed by atoms with Gasteiger partial charge in [0.05, 0.1) is 32.8 Å². The van der Waals surface area contributed by atoms with Crippen LogP contribution in [-0.2, 0) is 9.09 Å². The number of nitrogens with zero attached hydrogens (tertiary/aromatic N) is 1. The van der Waals surface area contributed by atoms with Gasteiger partial charge in [-0.15, -0.1) is 0 Å². The molecular formula is C24H54NO3P. The van der Waals surface area contributed by atoms with Crippen LogP contribution in [0.5, 0.6) is 0 Å². The maximum Gasteiger partial charge on any atom is 0.134 e. The van der Waals surface area contributed by atoms with Crippen molar-refractivity contribution in [2.45, 2.75) is 119 Å². The van der Waals surface area contributed by atoms with Crippen molar-refractivity contribution in [3.8, 4) is 0 Å². The smallest absolute Gasteiger partial charge is 0.134 e. The highest BCUT2D eigenvalue weighted by Gasteiger charge is 2.24. The van der Waals surface area contributed by atoms with Crippen LogP contribution in [0.3, 0.4) is 0 Å². The zero-order valence-corrected chi connectivity index (χ0v) is 21.7. The third-order valence-corrected chi connectivity index (χ3v) is 6.96. The average Bonchev–Trinajstić information content (AvgIpc) is 2.72. The molecule has 0 heterocycles. The molecule has 0 spiro atoms. The predicted molar refractivity (Wildman–Crippen MR) is 128 cm³/mol. The Balaban J connectivity index is 0. The Hall–Kier alpha value is 0.110. The summed E-state index contributed by atoms with van der Waals surface area (Å²) in [6, 6.07) is 0. The Kier molecular flexibility index (Phi) is 23.0. The number of hydrogen-bond donors (Lipinski definition) is 0. The molecule has 4 nitrogen and oxygen atoms in total. The molecule has 0 saturated heterocycles. The van der Waals surface area contributed by atoms with E-state index >= 15 is 0 Å². The number of unbranched alkanes of at least 4 members (excludes halogenated alkanes) is 6. The number of rotatable bonds is 19. The second kappa shape index (κ2) is 21.3. The van der Waals surface area contributed by atoms with Crippen molar-refractivity contribution in [3.05, 3.63) is 0 Å². The summed E-state index contributed by atoms with van der Waals surface area (Å²) in [5.74, 6) is 0. The molecule has 0 saturated carbocycles. The lowest BCUT2D eigenvalue weighted by molar-refractivity contribution is -0.929. The van der Waals surface area contributed by atoms with E-state index in [9.17, 15) is 9.46 Å². The van der Waals surface area contributed by atoms with Gasteiger partial charge in [0.25, 0.3) is 0 Å². The monoisotopic (exact) mass is 435 g/mol. The summed E-state index contributed by atoms with van der Waals surface area (Å²) in [5, 5.41) is 0. The van der Waals surface area contributed by atoms with Crippen LogP contribution in [-0.4, -0.2) is 43.4 Å². The minimum absolute atomic E-state index is 0.188. The standard InChI is InChI=1S/C16H36N.C8H19O3P/c1-5-9-13-17(14-10-6-2,15-11-7-3)16-12-8-4;1-3-5-7-11-12(9,10)8-6-4-2/h5-16H2,1-4H3;3-8H2,1-2H3,(H,9,10)/q+1;/p-1. The van der Waals surface area contributed by atoms with Crippen molar-refractivity contribution in [2.24, 2.45) is 0 Å². The van der Waals surface area contributed by atoms with E-state index in [0.717, 1.165) is 19.3 Å².